The minimum Gasteiger partial charge on any atom is -0.465 e. The smallest absolute Gasteiger partial charge is 0.118 e. The minimum atomic E-state index is 0.806. The van der Waals surface area contributed by atoms with Gasteiger partial charge in [0, 0.05) is 24.4 Å². The molecule has 2 heterocycles. The van der Waals surface area contributed by atoms with Crippen LogP contribution in [0.25, 0.3) is 0 Å². The van der Waals surface area contributed by atoms with Crippen molar-refractivity contribution in [3.05, 3.63) is 41.4 Å². The lowest BCUT2D eigenvalue weighted by atomic mass is 10.2. The number of rotatable bonds is 8. The third kappa shape index (κ3) is 3.73. The van der Waals surface area contributed by atoms with Gasteiger partial charge in [0.15, 0.2) is 0 Å². The third-order valence-corrected chi connectivity index (χ3v) is 3.41. The van der Waals surface area contributed by atoms with Crippen molar-refractivity contribution in [2.45, 2.75) is 53.1 Å². The summed E-state index contributed by atoms with van der Waals surface area (Å²) < 4.78 is 8.03. The number of hydrogen-bond acceptors (Lipinski definition) is 3. The monoisotopic (exact) mass is 275 g/mol. The lowest BCUT2D eigenvalue weighted by molar-refractivity contribution is 0.459. The van der Waals surface area contributed by atoms with Crippen LogP contribution in [0.1, 0.15) is 49.6 Å². The molecule has 0 aromatic carbocycles. The Morgan fingerprint density at radius 1 is 1.30 bits per heavy atom. The van der Waals surface area contributed by atoms with Crippen molar-refractivity contribution in [2.24, 2.45) is 0 Å². The molecule has 0 bridgehead atoms. The van der Waals surface area contributed by atoms with Gasteiger partial charge in [-0.2, -0.15) is 0 Å². The normalized spacial score (nSPS) is 11.2. The molecule has 0 atom stereocenters. The molecule has 4 heteroatoms. The van der Waals surface area contributed by atoms with Crippen LogP contribution in [0.2, 0.25) is 0 Å². The number of nitrogens with zero attached hydrogens (tertiary/aromatic N) is 2. The van der Waals surface area contributed by atoms with E-state index >= 15 is 0 Å². The summed E-state index contributed by atoms with van der Waals surface area (Å²) in [7, 11) is 0. The molecule has 0 radical (unpaired) electrons. The van der Waals surface area contributed by atoms with Crippen molar-refractivity contribution in [3.63, 3.8) is 0 Å². The number of furan rings is 1. The molecule has 0 unspecified atom stereocenters. The lowest BCUT2D eigenvalue weighted by Crippen LogP contribution is -2.13. The molecule has 4 nitrogen and oxygen atoms in total. The van der Waals surface area contributed by atoms with E-state index < -0.39 is 0 Å². The average molecular weight is 275 g/mol. The third-order valence-electron chi connectivity index (χ3n) is 3.41. The molecule has 0 saturated carbocycles. The summed E-state index contributed by atoms with van der Waals surface area (Å²) in [6.07, 6.45) is 7.21. The number of hydrogen-bond donors (Lipinski definition) is 1. The Hall–Kier alpha value is -1.55. The van der Waals surface area contributed by atoms with E-state index in [0.717, 1.165) is 56.2 Å². The van der Waals surface area contributed by atoms with Crippen molar-refractivity contribution in [1.82, 2.24) is 14.9 Å². The molecule has 1 N–H and O–H groups in total. The Labute approximate surface area is 121 Å². The van der Waals surface area contributed by atoms with Crippen LogP contribution in [-0.2, 0) is 19.5 Å². The number of imidazole rings is 1. The number of nitrogens with one attached hydrogen (secondary N) is 1. The predicted octanol–water partition coefficient (Wildman–Crippen LogP) is 3.28. The van der Waals surface area contributed by atoms with Gasteiger partial charge in [-0.1, -0.05) is 13.8 Å². The highest BCUT2D eigenvalue weighted by Crippen LogP contribution is 2.17. The van der Waals surface area contributed by atoms with Crippen molar-refractivity contribution in [1.29, 1.82) is 0 Å². The molecule has 2 rings (SSSR count). The van der Waals surface area contributed by atoms with Crippen LogP contribution in [0.4, 0.5) is 0 Å². The molecule has 2 aromatic rings. The first-order valence-electron chi connectivity index (χ1n) is 7.53. The zero-order valence-corrected chi connectivity index (χ0v) is 12.8. The molecule has 110 valence electrons. The van der Waals surface area contributed by atoms with Crippen LogP contribution in [0.3, 0.4) is 0 Å². The summed E-state index contributed by atoms with van der Waals surface area (Å²) in [5.41, 5.74) is 1.24. The van der Waals surface area contributed by atoms with Crippen LogP contribution in [0, 0.1) is 6.92 Å². The summed E-state index contributed by atoms with van der Waals surface area (Å²) in [5.74, 6) is 3.18. The quantitative estimate of drug-likeness (QED) is 0.752. The first kappa shape index (κ1) is 14.9. The Bertz CT molecular complexity index is 528. The Morgan fingerprint density at radius 2 is 2.15 bits per heavy atom. The maximum atomic E-state index is 5.81. The predicted molar refractivity (Wildman–Crippen MR) is 80.8 cm³/mol. The van der Waals surface area contributed by atoms with Crippen LogP contribution in [0.5, 0.6) is 0 Å². The summed E-state index contributed by atoms with van der Waals surface area (Å²) in [5, 5.41) is 3.37. The first-order chi connectivity index (χ1) is 9.74. The van der Waals surface area contributed by atoms with Gasteiger partial charge in [-0.05, 0) is 32.4 Å². The van der Waals surface area contributed by atoms with Gasteiger partial charge in [0.2, 0.25) is 0 Å². The molecule has 0 saturated heterocycles. The summed E-state index contributed by atoms with van der Waals surface area (Å²) in [6, 6.07) is 2.16. The van der Waals surface area contributed by atoms with Crippen molar-refractivity contribution in [2.75, 3.05) is 6.54 Å². The van der Waals surface area contributed by atoms with Crippen LogP contribution in [0.15, 0.2) is 22.9 Å². The van der Waals surface area contributed by atoms with Gasteiger partial charge in [-0.15, -0.1) is 0 Å². The van der Waals surface area contributed by atoms with Gasteiger partial charge in [0.05, 0.1) is 13.1 Å². The second kappa shape index (κ2) is 7.29. The van der Waals surface area contributed by atoms with E-state index in [1.54, 1.807) is 0 Å². The fourth-order valence-corrected chi connectivity index (χ4v) is 2.34. The molecule has 0 spiro atoms. The van der Waals surface area contributed by atoms with E-state index in [-0.39, 0.29) is 0 Å². The van der Waals surface area contributed by atoms with Crippen LogP contribution in [-0.4, -0.2) is 16.1 Å². The van der Waals surface area contributed by atoms with Crippen LogP contribution < -0.4 is 5.32 Å². The largest absolute Gasteiger partial charge is 0.465 e. The average Bonchev–Trinajstić information content (AvgIpc) is 2.99. The van der Waals surface area contributed by atoms with E-state index in [1.807, 2.05) is 19.3 Å². The fraction of sp³-hybridized carbons (Fsp3) is 0.562. The highest BCUT2D eigenvalue weighted by Gasteiger charge is 2.09. The highest BCUT2D eigenvalue weighted by molar-refractivity contribution is 5.21. The van der Waals surface area contributed by atoms with Crippen molar-refractivity contribution >= 4 is 0 Å². The SMILES string of the molecule is CCCNCc1cc(Cn2ccnc2CCC)c(C)o1. The van der Waals surface area contributed by atoms with Crippen molar-refractivity contribution in [3.8, 4) is 0 Å². The molecule has 2 aromatic heterocycles. The number of aryl methyl sites for hydroxylation is 2. The Kier molecular flexibility index (Phi) is 5.41. The van der Waals surface area contributed by atoms with Gasteiger partial charge in [-0.3, -0.25) is 0 Å². The highest BCUT2D eigenvalue weighted by atomic mass is 16.3. The topological polar surface area (TPSA) is 43.0 Å². The first-order valence-corrected chi connectivity index (χ1v) is 7.53. The van der Waals surface area contributed by atoms with E-state index in [9.17, 15) is 0 Å². The summed E-state index contributed by atoms with van der Waals surface area (Å²) in [4.78, 5) is 4.42. The van der Waals surface area contributed by atoms with Gasteiger partial charge in [-0.25, -0.2) is 4.98 Å². The van der Waals surface area contributed by atoms with E-state index in [1.165, 1.54) is 5.56 Å². The minimum absolute atomic E-state index is 0.806. The van der Waals surface area contributed by atoms with Crippen LogP contribution >= 0.6 is 0 Å². The molecular weight excluding hydrogens is 250 g/mol. The molecule has 0 aliphatic carbocycles. The molecule has 0 aliphatic heterocycles. The van der Waals surface area contributed by atoms with Gasteiger partial charge >= 0.3 is 0 Å². The lowest BCUT2D eigenvalue weighted by Gasteiger charge is -2.05. The van der Waals surface area contributed by atoms with Gasteiger partial charge < -0.3 is 14.3 Å². The molecule has 0 aliphatic rings. The Morgan fingerprint density at radius 3 is 2.90 bits per heavy atom. The van der Waals surface area contributed by atoms with Gasteiger partial charge in [0.25, 0.3) is 0 Å². The maximum absolute atomic E-state index is 5.81. The zero-order valence-electron chi connectivity index (χ0n) is 12.8. The maximum Gasteiger partial charge on any atom is 0.118 e. The Balaban J connectivity index is 2.03. The fourth-order valence-electron chi connectivity index (χ4n) is 2.34. The molecular formula is C16H25N3O. The zero-order chi connectivity index (χ0) is 14.4. The summed E-state index contributed by atoms with van der Waals surface area (Å²) >= 11 is 0. The second-order valence-electron chi connectivity index (χ2n) is 5.19. The van der Waals surface area contributed by atoms with Gasteiger partial charge in [0.1, 0.15) is 17.3 Å². The number of aromatic nitrogens is 2. The van der Waals surface area contributed by atoms with Crippen molar-refractivity contribution < 1.29 is 4.42 Å². The van der Waals surface area contributed by atoms with E-state index in [2.05, 4.69) is 34.8 Å². The standard InChI is InChI=1S/C16H25N3O/c1-4-6-16-18-8-9-19(16)12-14-10-15(20-13(14)3)11-17-7-5-2/h8-10,17H,4-7,11-12H2,1-3H3. The second-order valence-corrected chi connectivity index (χ2v) is 5.19. The summed E-state index contributed by atoms with van der Waals surface area (Å²) in [6.45, 7) is 9.06. The molecule has 0 fully saturated rings. The van der Waals surface area contributed by atoms with E-state index in [4.69, 9.17) is 4.42 Å². The molecule has 20 heavy (non-hydrogen) atoms. The molecule has 0 amide bonds. The van der Waals surface area contributed by atoms with E-state index in [0.29, 0.717) is 0 Å².